The quantitative estimate of drug-likeness (QED) is 0.278. The fourth-order valence-electron chi connectivity index (χ4n) is 2.95. The highest BCUT2D eigenvalue weighted by Crippen LogP contribution is 2.34. The van der Waals surface area contributed by atoms with E-state index in [1.165, 1.54) is 24.3 Å². The third kappa shape index (κ3) is 3.55. The first-order valence-corrected chi connectivity index (χ1v) is 9.26. The van der Waals surface area contributed by atoms with Crippen molar-refractivity contribution in [3.8, 4) is 0 Å². The molecule has 1 aliphatic heterocycles. The van der Waals surface area contributed by atoms with Gasteiger partial charge >= 0.3 is 5.63 Å². The van der Waals surface area contributed by atoms with E-state index in [4.69, 9.17) is 4.42 Å². The van der Waals surface area contributed by atoms with Crippen molar-refractivity contribution in [2.45, 2.75) is 6.54 Å². The summed E-state index contributed by atoms with van der Waals surface area (Å²) in [5, 5.41) is 11.3. The molecule has 0 N–H and O–H groups in total. The lowest BCUT2D eigenvalue weighted by Gasteiger charge is -2.12. The van der Waals surface area contributed by atoms with Crippen LogP contribution in [0.2, 0.25) is 0 Å². The number of rotatable bonds is 4. The van der Waals surface area contributed by atoms with Crippen molar-refractivity contribution in [3.63, 3.8) is 0 Å². The number of amides is 2. The number of thioether (sulfide) groups is 1. The van der Waals surface area contributed by atoms with Crippen LogP contribution in [0.5, 0.6) is 0 Å². The van der Waals surface area contributed by atoms with Crippen LogP contribution in [0.4, 0.5) is 10.5 Å². The summed E-state index contributed by atoms with van der Waals surface area (Å²) < 4.78 is 5.24. The molecule has 2 heterocycles. The maximum Gasteiger partial charge on any atom is 0.343 e. The van der Waals surface area contributed by atoms with Crippen LogP contribution in [0.15, 0.2) is 68.7 Å². The molecule has 0 unspecified atom stereocenters. The van der Waals surface area contributed by atoms with E-state index in [2.05, 4.69) is 0 Å². The molecular weight excluding hydrogens is 396 g/mol. The highest BCUT2D eigenvalue weighted by atomic mass is 32.2. The number of nitrogens with zero attached hydrogens (tertiary/aromatic N) is 2. The molecule has 2 amide bonds. The molecule has 0 spiro atoms. The normalized spacial score (nSPS) is 15.4. The number of hydrogen-bond donors (Lipinski definition) is 0. The lowest BCUT2D eigenvalue weighted by Crippen LogP contribution is -2.27. The molecule has 29 heavy (non-hydrogen) atoms. The van der Waals surface area contributed by atoms with Gasteiger partial charge < -0.3 is 4.42 Å². The van der Waals surface area contributed by atoms with Gasteiger partial charge in [-0.15, -0.1) is 0 Å². The van der Waals surface area contributed by atoms with Gasteiger partial charge in [0.15, 0.2) is 0 Å². The van der Waals surface area contributed by atoms with Gasteiger partial charge in [0.2, 0.25) is 0 Å². The Balaban J connectivity index is 1.66. The van der Waals surface area contributed by atoms with Crippen LogP contribution in [-0.4, -0.2) is 21.0 Å². The molecule has 3 aromatic rings. The Kier molecular flexibility index (Phi) is 4.73. The van der Waals surface area contributed by atoms with Crippen LogP contribution >= 0.6 is 11.8 Å². The van der Waals surface area contributed by atoms with Crippen LogP contribution in [-0.2, 0) is 11.3 Å². The first-order valence-electron chi connectivity index (χ1n) is 8.44. The Morgan fingerprint density at radius 3 is 2.59 bits per heavy atom. The second-order valence-electron chi connectivity index (χ2n) is 6.18. The van der Waals surface area contributed by atoms with Crippen LogP contribution in [0, 0.1) is 10.1 Å². The average molecular weight is 408 g/mol. The number of hydrogen-bond acceptors (Lipinski definition) is 7. The van der Waals surface area contributed by atoms with Crippen molar-refractivity contribution in [2.75, 3.05) is 0 Å². The van der Waals surface area contributed by atoms with Crippen LogP contribution < -0.4 is 5.63 Å². The van der Waals surface area contributed by atoms with Crippen molar-refractivity contribution in [3.05, 3.63) is 91.2 Å². The van der Waals surface area contributed by atoms with Gasteiger partial charge in [-0.1, -0.05) is 36.4 Å². The Morgan fingerprint density at radius 2 is 1.79 bits per heavy atom. The molecule has 1 aliphatic rings. The Labute approximate surface area is 167 Å². The minimum Gasteiger partial charge on any atom is -0.422 e. The van der Waals surface area contributed by atoms with Gasteiger partial charge in [0.05, 0.1) is 21.9 Å². The summed E-state index contributed by atoms with van der Waals surface area (Å²) in [6.45, 7) is -0.231. The number of nitro groups is 1. The molecule has 0 radical (unpaired) electrons. The van der Waals surface area contributed by atoms with E-state index in [-0.39, 0.29) is 28.3 Å². The van der Waals surface area contributed by atoms with Crippen molar-refractivity contribution in [1.29, 1.82) is 0 Å². The summed E-state index contributed by atoms with van der Waals surface area (Å²) >= 11 is 0.672. The SMILES string of the molecule is O=C1S/C(=C/c2cc3ccccc3oc2=O)C(=O)N1Cc1ccccc1[N+](=O)[O-]. The predicted molar refractivity (Wildman–Crippen MR) is 107 cm³/mol. The molecule has 0 aliphatic carbocycles. The summed E-state index contributed by atoms with van der Waals surface area (Å²) in [6.07, 6.45) is 1.31. The molecular formula is C20H12N2O6S. The van der Waals surface area contributed by atoms with E-state index in [1.54, 1.807) is 36.4 Å². The molecule has 1 aromatic heterocycles. The van der Waals surface area contributed by atoms with Crippen molar-refractivity contribution in [1.82, 2.24) is 4.90 Å². The van der Waals surface area contributed by atoms with E-state index in [9.17, 15) is 24.5 Å². The second kappa shape index (κ2) is 7.36. The highest BCUT2D eigenvalue weighted by Gasteiger charge is 2.36. The van der Waals surface area contributed by atoms with Gasteiger partial charge in [-0.2, -0.15) is 0 Å². The smallest absolute Gasteiger partial charge is 0.343 e. The molecule has 8 nitrogen and oxygen atoms in total. The summed E-state index contributed by atoms with van der Waals surface area (Å²) in [6, 6.07) is 14.4. The number of carbonyl (C=O) groups excluding carboxylic acids is 2. The third-order valence-electron chi connectivity index (χ3n) is 4.35. The molecule has 9 heteroatoms. The lowest BCUT2D eigenvalue weighted by atomic mass is 10.1. The zero-order chi connectivity index (χ0) is 20.5. The van der Waals surface area contributed by atoms with Crippen LogP contribution in [0.1, 0.15) is 11.1 Å². The largest absolute Gasteiger partial charge is 0.422 e. The van der Waals surface area contributed by atoms with Crippen molar-refractivity contribution >= 4 is 45.6 Å². The number of fused-ring (bicyclic) bond motifs is 1. The summed E-state index contributed by atoms with van der Waals surface area (Å²) in [5.41, 5.74) is -0.00907. The Hall–Kier alpha value is -3.72. The molecule has 144 valence electrons. The van der Waals surface area contributed by atoms with E-state index < -0.39 is 21.7 Å². The van der Waals surface area contributed by atoms with Gasteiger partial charge in [-0.05, 0) is 30.0 Å². The predicted octanol–water partition coefficient (Wildman–Crippen LogP) is 3.94. The molecule has 1 fully saturated rings. The van der Waals surface area contributed by atoms with Crippen molar-refractivity contribution < 1.29 is 18.9 Å². The number of nitro benzene ring substituents is 1. The molecule has 4 rings (SSSR count). The molecule has 0 atom stereocenters. The van der Waals surface area contributed by atoms with E-state index >= 15 is 0 Å². The summed E-state index contributed by atoms with van der Waals surface area (Å²) in [4.78, 5) is 48.8. The number of para-hydroxylation sites is 2. The van der Waals surface area contributed by atoms with Gasteiger partial charge in [0.1, 0.15) is 5.58 Å². The van der Waals surface area contributed by atoms with Gasteiger partial charge in [0.25, 0.3) is 16.8 Å². The molecule has 2 aromatic carbocycles. The van der Waals surface area contributed by atoms with Crippen molar-refractivity contribution in [2.24, 2.45) is 0 Å². The Bertz CT molecular complexity index is 1260. The monoisotopic (exact) mass is 408 g/mol. The third-order valence-corrected chi connectivity index (χ3v) is 5.25. The zero-order valence-corrected chi connectivity index (χ0v) is 15.5. The van der Waals surface area contributed by atoms with E-state index in [1.807, 2.05) is 0 Å². The van der Waals surface area contributed by atoms with Crippen LogP contribution in [0.3, 0.4) is 0 Å². The lowest BCUT2D eigenvalue weighted by molar-refractivity contribution is -0.385. The van der Waals surface area contributed by atoms with E-state index in [0.29, 0.717) is 22.7 Å². The fraction of sp³-hybridized carbons (Fsp3) is 0.0500. The highest BCUT2D eigenvalue weighted by molar-refractivity contribution is 8.18. The van der Waals surface area contributed by atoms with E-state index in [0.717, 1.165) is 4.90 Å². The topological polar surface area (TPSA) is 111 Å². The average Bonchev–Trinajstić information content (AvgIpc) is 2.96. The minimum absolute atomic E-state index is 0.0520. The molecule has 0 saturated carbocycles. The zero-order valence-electron chi connectivity index (χ0n) is 14.7. The second-order valence-corrected chi connectivity index (χ2v) is 7.17. The Morgan fingerprint density at radius 1 is 1.07 bits per heavy atom. The fourth-order valence-corrected chi connectivity index (χ4v) is 3.78. The van der Waals surface area contributed by atoms with Crippen LogP contribution in [0.25, 0.3) is 17.0 Å². The number of benzene rings is 2. The standard InChI is InChI=1S/C20H12N2O6S/c23-18-17(10-14-9-12-5-2-4-8-16(12)28-19(14)24)29-20(25)21(18)11-13-6-1-3-7-15(13)22(26)27/h1-10H,11H2/b17-10+. The van der Waals surface area contributed by atoms with Gasteiger partial charge in [-0.3, -0.25) is 24.6 Å². The van der Waals surface area contributed by atoms with Gasteiger partial charge in [0, 0.05) is 17.0 Å². The first-order chi connectivity index (χ1) is 13.9. The molecule has 0 bridgehead atoms. The summed E-state index contributed by atoms with van der Waals surface area (Å²) in [5.74, 6) is -0.620. The summed E-state index contributed by atoms with van der Waals surface area (Å²) in [7, 11) is 0. The van der Waals surface area contributed by atoms with Gasteiger partial charge in [-0.25, -0.2) is 4.79 Å². The first kappa shape index (κ1) is 18.6. The minimum atomic E-state index is -0.630. The maximum absolute atomic E-state index is 12.7. The number of imide groups is 1. The maximum atomic E-state index is 12.7. The number of carbonyl (C=O) groups is 2. The molecule has 1 saturated heterocycles.